The number of hydrogen-bond donors (Lipinski definition) is 2. The number of nitrogens with one attached hydrogen (secondary N) is 1. The summed E-state index contributed by atoms with van der Waals surface area (Å²) in [6, 6.07) is 0. The smallest absolute Gasteiger partial charge is 0.303 e. The topological polar surface area (TPSA) is 66.4 Å². The van der Waals surface area contributed by atoms with Gasteiger partial charge in [0.1, 0.15) is 0 Å². The van der Waals surface area contributed by atoms with Crippen molar-refractivity contribution in [2.24, 2.45) is 11.8 Å². The summed E-state index contributed by atoms with van der Waals surface area (Å²) in [4.78, 5) is 22.1. The van der Waals surface area contributed by atoms with Crippen LogP contribution in [-0.4, -0.2) is 23.5 Å². The van der Waals surface area contributed by atoms with Gasteiger partial charge in [-0.05, 0) is 25.2 Å². The fourth-order valence-electron chi connectivity index (χ4n) is 1.71. The van der Waals surface area contributed by atoms with Gasteiger partial charge in [-0.2, -0.15) is 0 Å². The molecule has 0 heterocycles. The van der Waals surface area contributed by atoms with Crippen LogP contribution in [0.15, 0.2) is 24.3 Å². The Hall–Kier alpha value is -1.58. The molecule has 1 atom stereocenters. The number of amides is 1. The summed E-state index contributed by atoms with van der Waals surface area (Å²) in [5.74, 6) is -0.599. The molecule has 0 aromatic rings. The molecule has 0 saturated carbocycles. The summed E-state index contributed by atoms with van der Waals surface area (Å²) in [6.45, 7) is 6.36. The first-order chi connectivity index (χ1) is 8.45. The van der Waals surface area contributed by atoms with Crippen LogP contribution in [0.5, 0.6) is 0 Å². The van der Waals surface area contributed by atoms with E-state index in [0.29, 0.717) is 12.5 Å². The molecular weight excluding hydrogens is 230 g/mol. The molecular formula is C14H23NO3. The largest absolute Gasteiger partial charge is 0.481 e. The van der Waals surface area contributed by atoms with Crippen molar-refractivity contribution in [1.29, 1.82) is 0 Å². The molecule has 0 fully saturated rings. The molecule has 0 aliphatic heterocycles. The molecule has 102 valence electrons. The van der Waals surface area contributed by atoms with E-state index >= 15 is 0 Å². The fourth-order valence-corrected chi connectivity index (χ4v) is 1.71. The molecule has 0 radical (unpaired) electrons. The summed E-state index contributed by atoms with van der Waals surface area (Å²) in [5, 5.41) is 11.5. The molecule has 0 aromatic carbocycles. The van der Waals surface area contributed by atoms with Gasteiger partial charge >= 0.3 is 5.97 Å². The minimum absolute atomic E-state index is 0.0124. The first-order valence-corrected chi connectivity index (χ1v) is 6.24. The predicted octanol–water partition coefficient (Wildman–Crippen LogP) is 2.37. The average molecular weight is 253 g/mol. The van der Waals surface area contributed by atoms with Gasteiger partial charge in [-0.15, -0.1) is 0 Å². The molecule has 18 heavy (non-hydrogen) atoms. The van der Waals surface area contributed by atoms with Crippen LogP contribution < -0.4 is 5.32 Å². The van der Waals surface area contributed by atoms with Crippen molar-refractivity contribution in [3.8, 4) is 0 Å². The normalized spacial score (nSPS) is 13.3. The average Bonchev–Trinajstić information content (AvgIpc) is 2.25. The summed E-state index contributed by atoms with van der Waals surface area (Å²) >= 11 is 0. The Morgan fingerprint density at radius 1 is 1.28 bits per heavy atom. The summed E-state index contributed by atoms with van der Waals surface area (Å²) in [6.07, 6.45) is 7.58. The lowest BCUT2D eigenvalue weighted by Crippen LogP contribution is -2.29. The third-order valence-corrected chi connectivity index (χ3v) is 2.38. The van der Waals surface area contributed by atoms with E-state index in [2.05, 4.69) is 5.32 Å². The van der Waals surface area contributed by atoms with Crippen LogP contribution in [0.25, 0.3) is 0 Å². The summed E-state index contributed by atoms with van der Waals surface area (Å²) in [5.41, 5.74) is 0. The molecule has 4 heteroatoms. The lowest BCUT2D eigenvalue weighted by molar-refractivity contribution is -0.138. The van der Waals surface area contributed by atoms with Crippen LogP contribution in [0, 0.1) is 11.8 Å². The number of aliphatic carboxylic acids is 1. The van der Waals surface area contributed by atoms with Gasteiger partial charge in [0, 0.05) is 19.0 Å². The van der Waals surface area contributed by atoms with E-state index in [9.17, 15) is 9.59 Å². The number of carboxylic acids is 1. The molecule has 0 rings (SSSR count). The molecule has 0 aromatic heterocycles. The number of hydrogen-bond acceptors (Lipinski definition) is 2. The Labute approximate surface area is 109 Å². The van der Waals surface area contributed by atoms with Gasteiger partial charge in [0.15, 0.2) is 0 Å². The van der Waals surface area contributed by atoms with Crippen molar-refractivity contribution in [1.82, 2.24) is 5.32 Å². The van der Waals surface area contributed by atoms with Gasteiger partial charge in [0.25, 0.3) is 0 Å². The predicted molar refractivity (Wildman–Crippen MR) is 72.2 cm³/mol. The minimum Gasteiger partial charge on any atom is -0.481 e. The van der Waals surface area contributed by atoms with Crippen molar-refractivity contribution < 1.29 is 14.7 Å². The quantitative estimate of drug-likeness (QED) is 0.515. The van der Waals surface area contributed by atoms with Gasteiger partial charge in [0.05, 0.1) is 0 Å². The zero-order valence-corrected chi connectivity index (χ0v) is 11.3. The highest BCUT2D eigenvalue weighted by Gasteiger charge is 2.15. The summed E-state index contributed by atoms with van der Waals surface area (Å²) < 4.78 is 0. The van der Waals surface area contributed by atoms with Crippen LogP contribution >= 0.6 is 0 Å². The van der Waals surface area contributed by atoms with Crippen molar-refractivity contribution in [2.75, 3.05) is 6.54 Å². The molecule has 4 nitrogen and oxygen atoms in total. The van der Waals surface area contributed by atoms with Crippen LogP contribution in [0.2, 0.25) is 0 Å². The van der Waals surface area contributed by atoms with E-state index in [0.717, 1.165) is 6.42 Å². The third kappa shape index (κ3) is 9.63. The first-order valence-electron chi connectivity index (χ1n) is 6.24. The maximum Gasteiger partial charge on any atom is 0.303 e. The zero-order chi connectivity index (χ0) is 14.0. The number of carbonyl (C=O) groups is 2. The van der Waals surface area contributed by atoms with Crippen molar-refractivity contribution in [3.05, 3.63) is 24.3 Å². The second-order valence-electron chi connectivity index (χ2n) is 4.72. The second kappa shape index (κ2) is 9.45. The SMILES string of the molecule is CC=CC=CC(=O)NCC(CC(=O)O)CC(C)C. The lowest BCUT2D eigenvalue weighted by Gasteiger charge is -2.17. The Balaban J connectivity index is 4.16. The van der Waals surface area contributed by atoms with Gasteiger partial charge in [-0.25, -0.2) is 0 Å². The number of rotatable bonds is 8. The third-order valence-electron chi connectivity index (χ3n) is 2.38. The minimum atomic E-state index is -0.820. The number of carboxylic acid groups (broad SMARTS) is 1. The molecule has 0 saturated heterocycles. The van der Waals surface area contributed by atoms with E-state index in [1.807, 2.05) is 26.8 Å². The molecule has 1 amide bonds. The lowest BCUT2D eigenvalue weighted by atomic mass is 9.94. The molecule has 0 aliphatic carbocycles. The van der Waals surface area contributed by atoms with Crippen molar-refractivity contribution >= 4 is 11.9 Å². The molecule has 1 unspecified atom stereocenters. The highest BCUT2D eigenvalue weighted by atomic mass is 16.4. The van der Waals surface area contributed by atoms with E-state index < -0.39 is 5.97 Å². The Morgan fingerprint density at radius 3 is 2.44 bits per heavy atom. The van der Waals surface area contributed by atoms with E-state index in [4.69, 9.17) is 5.11 Å². The Kier molecular flexibility index (Phi) is 8.62. The maximum atomic E-state index is 11.4. The number of allylic oxidation sites excluding steroid dienone is 3. The molecule has 0 bridgehead atoms. The molecule has 0 aliphatic rings. The van der Waals surface area contributed by atoms with Crippen molar-refractivity contribution in [3.63, 3.8) is 0 Å². The van der Waals surface area contributed by atoms with Crippen LogP contribution in [0.1, 0.15) is 33.6 Å². The standard InChI is InChI=1S/C14H23NO3/c1-4-5-6-7-13(16)15-10-12(8-11(2)3)9-14(17)18/h4-7,11-12H,8-10H2,1-3H3,(H,15,16)(H,17,18). The second-order valence-corrected chi connectivity index (χ2v) is 4.72. The van der Waals surface area contributed by atoms with Crippen LogP contribution in [0.3, 0.4) is 0 Å². The highest BCUT2D eigenvalue weighted by Crippen LogP contribution is 2.14. The Bertz CT molecular complexity index is 319. The highest BCUT2D eigenvalue weighted by molar-refractivity contribution is 5.87. The zero-order valence-electron chi connectivity index (χ0n) is 11.3. The van der Waals surface area contributed by atoms with E-state index in [1.165, 1.54) is 6.08 Å². The van der Waals surface area contributed by atoms with Crippen molar-refractivity contribution in [2.45, 2.75) is 33.6 Å². The number of carbonyl (C=O) groups excluding carboxylic acids is 1. The monoisotopic (exact) mass is 253 g/mol. The van der Waals surface area contributed by atoms with E-state index in [-0.39, 0.29) is 18.2 Å². The van der Waals surface area contributed by atoms with Crippen LogP contribution in [-0.2, 0) is 9.59 Å². The first kappa shape index (κ1) is 16.4. The fraction of sp³-hybridized carbons (Fsp3) is 0.571. The van der Waals surface area contributed by atoms with Gasteiger partial charge < -0.3 is 10.4 Å². The summed E-state index contributed by atoms with van der Waals surface area (Å²) in [7, 11) is 0. The van der Waals surface area contributed by atoms with E-state index in [1.54, 1.807) is 12.2 Å². The van der Waals surface area contributed by atoms with Gasteiger partial charge in [-0.1, -0.05) is 32.1 Å². The Morgan fingerprint density at radius 2 is 1.94 bits per heavy atom. The molecule has 2 N–H and O–H groups in total. The van der Waals surface area contributed by atoms with Gasteiger partial charge in [0.2, 0.25) is 5.91 Å². The molecule has 0 spiro atoms. The van der Waals surface area contributed by atoms with Crippen LogP contribution in [0.4, 0.5) is 0 Å². The maximum absolute atomic E-state index is 11.4. The van der Waals surface area contributed by atoms with Gasteiger partial charge in [-0.3, -0.25) is 9.59 Å².